The van der Waals surface area contributed by atoms with Gasteiger partial charge in [-0.15, -0.1) is 0 Å². The Balaban J connectivity index is 1.87. The summed E-state index contributed by atoms with van der Waals surface area (Å²) in [5.74, 6) is 0. The molecule has 1 N–H and O–H groups in total. The highest BCUT2D eigenvalue weighted by atomic mass is 16.6. The van der Waals surface area contributed by atoms with E-state index in [1.54, 1.807) is 12.1 Å². The Labute approximate surface area is 114 Å². The standard InChI is InChI=1S/C14H11N3O3/c1-9-2-7-12-13(8-9)20-14(16-12)15-10-3-5-11(6-4-10)17(18)19/h2-8H,1H3,(H,15,16). The van der Waals surface area contributed by atoms with Crippen LogP contribution in [0.1, 0.15) is 5.56 Å². The molecule has 0 spiro atoms. The summed E-state index contributed by atoms with van der Waals surface area (Å²) in [4.78, 5) is 14.4. The second kappa shape index (κ2) is 4.65. The zero-order valence-corrected chi connectivity index (χ0v) is 10.7. The summed E-state index contributed by atoms with van der Waals surface area (Å²) in [6.07, 6.45) is 0. The van der Waals surface area contributed by atoms with Crippen molar-refractivity contribution < 1.29 is 9.34 Å². The van der Waals surface area contributed by atoms with E-state index in [2.05, 4.69) is 10.3 Å². The molecular weight excluding hydrogens is 258 g/mol. The second-order valence-electron chi connectivity index (χ2n) is 4.42. The maximum atomic E-state index is 10.6. The molecule has 100 valence electrons. The number of oxazole rings is 1. The summed E-state index contributed by atoms with van der Waals surface area (Å²) < 4.78 is 5.57. The Morgan fingerprint density at radius 2 is 1.95 bits per heavy atom. The first-order valence-corrected chi connectivity index (χ1v) is 6.00. The highest BCUT2D eigenvalue weighted by molar-refractivity contribution is 5.76. The Morgan fingerprint density at radius 1 is 1.20 bits per heavy atom. The zero-order valence-electron chi connectivity index (χ0n) is 10.7. The third-order valence-corrected chi connectivity index (χ3v) is 2.87. The van der Waals surface area contributed by atoms with Crippen LogP contribution in [0.25, 0.3) is 11.1 Å². The molecule has 1 heterocycles. The van der Waals surface area contributed by atoms with Gasteiger partial charge in [-0.1, -0.05) is 6.07 Å². The first kappa shape index (κ1) is 12.2. The first-order valence-electron chi connectivity index (χ1n) is 6.00. The third kappa shape index (κ3) is 2.31. The van der Waals surface area contributed by atoms with Gasteiger partial charge in [-0.3, -0.25) is 10.1 Å². The van der Waals surface area contributed by atoms with Crippen LogP contribution in [0.3, 0.4) is 0 Å². The average molecular weight is 269 g/mol. The van der Waals surface area contributed by atoms with Crippen molar-refractivity contribution in [2.45, 2.75) is 6.92 Å². The number of non-ortho nitro benzene ring substituents is 1. The van der Waals surface area contributed by atoms with Crippen molar-refractivity contribution >= 4 is 28.5 Å². The van der Waals surface area contributed by atoms with Crippen molar-refractivity contribution in [2.24, 2.45) is 0 Å². The molecule has 0 aliphatic carbocycles. The Hall–Kier alpha value is -2.89. The number of nitro groups is 1. The molecule has 0 fully saturated rings. The Bertz CT molecular complexity index is 778. The summed E-state index contributed by atoms with van der Waals surface area (Å²) in [7, 11) is 0. The van der Waals surface area contributed by atoms with Crippen molar-refractivity contribution in [2.75, 3.05) is 5.32 Å². The predicted octanol–water partition coefficient (Wildman–Crippen LogP) is 3.79. The van der Waals surface area contributed by atoms with Crippen LogP contribution in [-0.4, -0.2) is 9.91 Å². The van der Waals surface area contributed by atoms with Crippen LogP contribution in [0, 0.1) is 17.0 Å². The molecule has 0 saturated heterocycles. The molecule has 0 atom stereocenters. The maximum Gasteiger partial charge on any atom is 0.300 e. The van der Waals surface area contributed by atoms with Crippen molar-refractivity contribution in [3.05, 3.63) is 58.1 Å². The normalized spacial score (nSPS) is 10.7. The maximum absolute atomic E-state index is 10.6. The molecule has 0 unspecified atom stereocenters. The predicted molar refractivity (Wildman–Crippen MR) is 75.1 cm³/mol. The van der Waals surface area contributed by atoms with Crippen molar-refractivity contribution in [3.8, 4) is 0 Å². The lowest BCUT2D eigenvalue weighted by Crippen LogP contribution is -1.91. The van der Waals surface area contributed by atoms with Crippen molar-refractivity contribution in [1.29, 1.82) is 0 Å². The number of nitrogens with zero attached hydrogens (tertiary/aromatic N) is 2. The van der Waals surface area contributed by atoms with E-state index in [9.17, 15) is 10.1 Å². The number of hydrogen-bond acceptors (Lipinski definition) is 5. The van der Waals surface area contributed by atoms with Crippen molar-refractivity contribution in [3.63, 3.8) is 0 Å². The molecule has 0 saturated carbocycles. The fourth-order valence-electron chi connectivity index (χ4n) is 1.88. The number of aryl methyl sites for hydroxylation is 1. The van der Waals surface area contributed by atoms with E-state index in [1.165, 1.54) is 12.1 Å². The van der Waals surface area contributed by atoms with Crippen LogP contribution < -0.4 is 5.32 Å². The molecule has 2 aromatic carbocycles. The fourth-order valence-corrected chi connectivity index (χ4v) is 1.88. The molecule has 0 bridgehead atoms. The van der Waals surface area contributed by atoms with Gasteiger partial charge in [0.15, 0.2) is 5.58 Å². The van der Waals surface area contributed by atoms with Gasteiger partial charge in [0, 0.05) is 17.8 Å². The van der Waals surface area contributed by atoms with Crippen LogP contribution in [0.4, 0.5) is 17.4 Å². The van der Waals surface area contributed by atoms with Crippen LogP contribution in [0.15, 0.2) is 46.9 Å². The van der Waals surface area contributed by atoms with E-state index >= 15 is 0 Å². The number of benzene rings is 2. The number of hydrogen-bond donors (Lipinski definition) is 1. The van der Waals surface area contributed by atoms with Gasteiger partial charge >= 0.3 is 0 Å². The van der Waals surface area contributed by atoms with E-state index in [4.69, 9.17) is 4.42 Å². The van der Waals surface area contributed by atoms with E-state index in [0.717, 1.165) is 11.1 Å². The lowest BCUT2D eigenvalue weighted by atomic mass is 10.2. The fraction of sp³-hybridized carbons (Fsp3) is 0.0714. The van der Waals surface area contributed by atoms with Crippen LogP contribution in [-0.2, 0) is 0 Å². The zero-order chi connectivity index (χ0) is 14.1. The minimum Gasteiger partial charge on any atom is -0.423 e. The highest BCUT2D eigenvalue weighted by Gasteiger charge is 2.08. The summed E-state index contributed by atoms with van der Waals surface area (Å²) in [6.45, 7) is 1.98. The summed E-state index contributed by atoms with van der Waals surface area (Å²) in [5.41, 5.74) is 3.28. The van der Waals surface area contributed by atoms with Gasteiger partial charge < -0.3 is 9.73 Å². The SMILES string of the molecule is Cc1ccc2nc(Nc3ccc([N+](=O)[O-])cc3)oc2c1. The summed E-state index contributed by atoms with van der Waals surface area (Å²) in [6, 6.07) is 12.2. The Kier molecular flexibility index (Phi) is 2.83. The summed E-state index contributed by atoms with van der Waals surface area (Å²) >= 11 is 0. The lowest BCUT2D eigenvalue weighted by Gasteiger charge is -2.00. The first-order chi connectivity index (χ1) is 9.61. The molecule has 3 aromatic rings. The van der Waals surface area contributed by atoms with Crippen LogP contribution in [0.2, 0.25) is 0 Å². The Morgan fingerprint density at radius 3 is 2.65 bits per heavy atom. The number of anilines is 2. The van der Waals surface area contributed by atoms with Gasteiger partial charge in [0.1, 0.15) is 5.52 Å². The molecular formula is C14H11N3O3. The van der Waals surface area contributed by atoms with Gasteiger partial charge in [0.05, 0.1) is 4.92 Å². The third-order valence-electron chi connectivity index (χ3n) is 2.87. The van der Waals surface area contributed by atoms with Crippen LogP contribution in [0.5, 0.6) is 0 Å². The topological polar surface area (TPSA) is 81.2 Å². The van der Waals surface area contributed by atoms with Gasteiger partial charge in [-0.25, -0.2) is 0 Å². The smallest absolute Gasteiger partial charge is 0.300 e. The van der Waals surface area contributed by atoms with E-state index < -0.39 is 4.92 Å². The monoisotopic (exact) mass is 269 g/mol. The quantitative estimate of drug-likeness (QED) is 0.578. The molecule has 0 aliphatic rings. The number of aromatic nitrogens is 1. The second-order valence-corrected chi connectivity index (χ2v) is 4.42. The van der Waals surface area contributed by atoms with Gasteiger partial charge in [0.25, 0.3) is 11.7 Å². The van der Waals surface area contributed by atoms with E-state index in [-0.39, 0.29) is 5.69 Å². The van der Waals surface area contributed by atoms with E-state index in [0.29, 0.717) is 17.3 Å². The average Bonchev–Trinajstić information content (AvgIpc) is 2.80. The molecule has 6 nitrogen and oxygen atoms in total. The molecule has 3 rings (SSSR count). The van der Waals surface area contributed by atoms with Gasteiger partial charge in [-0.05, 0) is 36.8 Å². The minimum absolute atomic E-state index is 0.0451. The summed E-state index contributed by atoms with van der Waals surface area (Å²) in [5, 5.41) is 13.6. The molecule has 0 amide bonds. The lowest BCUT2D eigenvalue weighted by molar-refractivity contribution is -0.384. The number of nitro benzene ring substituents is 1. The molecule has 20 heavy (non-hydrogen) atoms. The van der Waals surface area contributed by atoms with Gasteiger partial charge in [0.2, 0.25) is 0 Å². The highest BCUT2D eigenvalue weighted by Crippen LogP contribution is 2.24. The van der Waals surface area contributed by atoms with Crippen molar-refractivity contribution in [1.82, 2.24) is 4.98 Å². The molecule has 1 aromatic heterocycles. The molecule has 6 heteroatoms. The molecule has 0 aliphatic heterocycles. The largest absolute Gasteiger partial charge is 0.423 e. The number of rotatable bonds is 3. The van der Waals surface area contributed by atoms with E-state index in [1.807, 2.05) is 25.1 Å². The van der Waals surface area contributed by atoms with Gasteiger partial charge in [-0.2, -0.15) is 4.98 Å². The minimum atomic E-state index is -0.438. The number of fused-ring (bicyclic) bond motifs is 1. The molecule has 0 radical (unpaired) electrons. The number of nitrogens with one attached hydrogen (secondary N) is 1. The van der Waals surface area contributed by atoms with Crippen LogP contribution >= 0.6 is 0 Å².